The molecular weight excluding hydrogens is 250 g/mol. The van der Waals surface area contributed by atoms with Gasteiger partial charge in [0.2, 0.25) is 0 Å². The molecule has 0 atom stereocenters. The summed E-state index contributed by atoms with van der Waals surface area (Å²) in [6.45, 7) is 8.31. The largest absolute Gasteiger partial charge is 0.268 e. The number of aryl methyl sites for hydroxylation is 4. The zero-order valence-electron chi connectivity index (χ0n) is 12.2. The van der Waals surface area contributed by atoms with Gasteiger partial charge in [-0.2, -0.15) is 10.4 Å². The predicted octanol–water partition coefficient (Wildman–Crippen LogP) is 2.40. The quantitative estimate of drug-likeness (QED) is 0.839. The van der Waals surface area contributed by atoms with E-state index < -0.39 is 0 Å². The van der Waals surface area contributed by atoms with Crippen LogP contribution >= 0.6 is 0 Å². The summed E-state index contributed by atoms with van der Waals surface area (Å²) < 4.78 is 1.42. The van der Waals surface area contributed by atoms with Gasteiger partial charge in [0.05, 0.1) is 17.8 Å². The molecule has 0 radical (unpaired) electrons. The van der Waals surface area contributed by atoms with Gasteiger partial charge in [-0.3, -0.25) is 4.79 Å². The van der Waals surface area contributed by atoms with Crippen molar-refractivity contribution in [2.45, 2.75) is 34.2 Å². The van der Waals surface area contributed by atoms with E-state index >= 15 is 0 Å². The van der Waals surface area contributed by atoms with Gasteiger partial charge in [-0.05, 0) is 44.4 Å². The molecule has 4 heteroatoms. The van der Waals surface area contributed by atoms with E-state index in [0.717, 1.165) is 16.7 Å². The summed E-state index contributed by atoms with van der Waals surface area (Å²) in [7, 11) is 0. The van der Waals surface area contributed by atoms with Crippen LogP contribution < -0.4 is 5.56 Å². The van der Waals surface area contributed by atoms with E-state index in [0.29, 0.717) is 17.8 Å². The topological polar surface area (TPSA) is 58.7 Å². The number of benzene rings is 1. The Balaban J connectivity index is 2.49. The van der Waals surface area contributed by atoms with Crippen molar-refractivity contribution in [3.05, 3.63) is 62.1 Å². The number of nitriles is 1. The molecule has 2 aromatic rings. The van der Waals surface area contributed by atoms with Crippen molar-refractivity contribution < 1.29 is 0 Å². The van der Waals surface area contributed by atoms with E-state index in [4.69, 9.17) is 5.26 Å². The maximum Gasteiger partial charge on any atom is 0.268 e. The van der Waals surface area contributed by atoms with Gasteiger partial charge in [-0.1, -0.05) is 17.7 Å². The molecule has 0 N–H and O–H groups in total. The molecule has 102 valence electrons. The van der Waals surface area contributed by atoms with Crippen molar-refractivity contribution in [3.63, 3.8) is 0 Å². The normalized spacial score (nSPS) is 10.3. The minimum absolute atomic E-state index is 0.244. The molecule has 1 aromatic carbocycles. The summed E-state index contributed by atoms with van der Waals surface area (Å²) in [6, 6.07) is 7.53. The Kier molecular flexibility index (Phi) is 3.71. The second-order valence-corrected chi connectivity index (χ2v) is 5.13. The van der Waals surface area contributed by atoms with Crippen molar-refractivity contribution in [3.8, 4) is 6.07 Å². The average molecular weight is 267 g/mol. The number of nitrogens with zero attached hydrogens (tertiary/aromatic N) is 3. The van der Waals surface area contributed by atoms with E-state index in [1.165, 1.54) is 16.3 Å². The molecule has 0 aliphatic carbocycles. The molecule has 0 unspecified atom stereocenters. The van der Waals surface area contributed by atoms with Gasteiger partial charge in [-0.25, -0.2) is 4.68 Å². The fourth-order valence-electron chi connectivity index (χ4n) is 2.42. The van der Waals surface area contributed by atoms with Gasteiger partial charge in [0.15, 0.2) is 0 Å². The predicted molar refractivity (Wildman–Crippen MR) is 77.7 cm³/mol. The van der Waals surface area contributed by atoms with Gasteiger partial charge in [-0.15, -0.1) is 0 Å². The van der Waals surface area contributed by atoms with Gasteiger partial charge in [0.25, 0.3) is 5.56 Å². The molecule has 4 nitrogen and oxygen atoms in total. The van der Waals surface area contributed by atoms with Crippen LogP contribution in [0.25, 0.3) is 0 Å². The molecular formula is C16H17N3O. The monoisotopic (exact) mass is 267 g/mol. The standard InChI is InChI=1S/C16H17N3O/c1-10-5-11(2)15(12(3)6-10)9-19-16(20)7-14(8-17)13(4)18-19/h5-7H,9H2,1-4H3. The fourth-order valence-corrected chi connectivity index (χ4v) is 2.42. The van der Waals surface area contributed by atoms with Crippen LogP contribution in [0.1, 0.15) is 33.5 Å². The molecule has 0 fully saturated rings. The SMILES string of the molecule is Cc1cc(C)c(Cn2nc(C)c(C#N)cc2=O)c(C)c1. The summed E-state index contributed by atoms with van der Waals surface area (Å²) in [6.07, 6.45) is 0. The van der Waals surface area contributed by atoms with Crippen molar-refractivity contribution in [2.24, 2.45) is 0 Å². The molecule has 0 spiro atoms. The summed E-state index contributed by atoms with van der Waals surface area (Å²) in [5, 5.41) is 13.1. The second kappa shape index (κ2) is 5.30. The van der Waals surface area contributed by atoms with E-state index in [2.05, 4.69) is 24.2 Å². The van der Waals surface area contributed by atoms with E-state index in [-0.39, 0.29) is 5.56 Å². The molecule has 0 saturated carbocycles. The molecule has 0 bridgehead atoms. The minimum Gasteiger partial charge on any atom is -0.268 e. The first kappa shape index (κ1) is 14.0. The van der Waals surface area contributed by atoms with Crippen LogP contribution in [0.15, 0.2) is 23.0 Å². The highest BCUT2D eigenvalue weighted by Crippen LogP contribution is 2.17. The van der Waals surface area contributed by atoms with E-state index in [1.54, 1.807) is 6.92 Å². The third-order valence-electron chi connectivity index (χ3n) is 3.45. The Morgan fingerprint density at radius 2 is 1.75 bits per heavy atom. The van der Waals surface area contributed by atoms with Crippen LogP contribution in [0.5, 0.6) is 0 Å². The third kappa shape index (κ3) is 2.62. The first-order valence-electron chi connectivity index (χ1n) is 6.48. The Morgan fingerprint density at radius 3 is 2.30 bits per heavy atom. The summed E-state index contributed by atoms with van der Waals surface area (Å²) in [5.41, 5.74) is 5.29. The lowest BCUT2D eigenvalue weighted by Crippen LogP contribution is -2.25. The maximum atomic E-state index is 12.0. The summed E-state index contributed by atoms with van der Waals surface area (Å²) in [5.74, 6) is 0. The first-order chi connectivity index (χ1) is 9.42. The van der Waals surface area contributed by atoms with Crippen molar-refractivity contribution in [2.75, 3.05) is 0 Å². The zero-order valence-corrected chi connectivity index (χ0v) is 12.2. The Hall–Kier alpha value is -2.41. The van der Waals surface area contributed by atoms with Gasteiger partial charge in [0.1, 0.15) is 6.07 Å². The molecule has 0 aliphatic heterocycles. The molecule has 2 rings (SSSR count). The summed E-state index contributed by atoms with van der Waals surface area (Å²) >= 11 is 0. The summed E-state index contributed by atoms with van der Waals surface area (Å²) in [4.78, 5) is 12.0. The van der Waals surface area contributed by atoms with Crippen LogP contribution in [0.4, 0.5) is 0 Å². The third-order valence-corrected chi connectivity index (χ3v) is 3.45. The Bertz CT molecular complexity index is 743. The molecule has 0 amide bonds. The van der Waals surface area contributed by atoms with Crippen molar-refractivity contribution >= 4 is 0 Å². The smallest absolute Gasteiger partial charge is 0.268 e. The Morgan fingerprint density at radius 1 is 1.15 bits per heavy atom. The number of rotatable bonds is 2. The van der Waals surface area contributed by atoms with E-state index in [1.807, 2.05) is 19.9 Å². The van der Waals surface area contributed by atoms with Crippen LogP contribution in [-0.4, -0.2) is 9.78 Å². The highest BCUT2D eigenvalue weighted by molar-refractivity contribution is 5.38. The molecule has 0 aliphatic rings. The maximum absolute atomic E-state index is 12.0. The van der Waals surface area contributed by atoms with E-state index in [9.17, 15) is 4.79 Å². The lowest BCUT2D eigenvalue weighted by Gasteiger charge is -2.13. The highest BCUT2D eigenvalue weighted by Gasteiger charge is 2.09. The van der Waals surface area contributed by atoms with Crippen molar-refractivity contribution in [1.29, 1.82) is 5.26 Å². The number of aromatic nitrogens is 2. The highest BCUT2D eigenvalue weighted by atomic mass is 16.1. The van der Waals surface area contributed by atoms with Crippen LogP contribution in [-0.2, 0) is 6.54 Å². The van der Waals surface area contributed by atoms with Crippen LogP contribution in [0.3, 0.4) is 0 Å². The van der Waals surface area contributed by atoms with Crippen LogP contribution in [0.2, 0.25) is 0 Å². The number of hydrogen-bond acceptors (Lipinski definition) is 3. The fraction of sp³-hybridized carbons (Fsp3) is 0.312. The molecule has 1 heterocycles. The molecule has 20 heavy (non-hydrogen) atoms. The average Bonchev–Trinajstić information content (AvgIpc) is 2.37. The van der Waals surface area contributed by atoms with Gasteiger partial charge >= 0.3 is 0 Å². The molecule has 0 saturated heterocycles. The zero-order chi connectivity index (χ0) is 14.9. The van der Waals surface area contributed by atoms with Gasteiger partial charge in [0, 0.05) is 6.07 Å². The Labute approximate surface area is 118 Å². The number of hydrogen-bond donors (Lipinski definition) is 0. The lowest BCUT2D eigenvalue weighted by atomic mass is 10.00. The van der Waals surface area contributed by atoms with Crippen molar-refractivity contribution in [1.82, 2.24) is 9.78 Å². The second-order valence-electron chi connectivity index (χ2n) is 5.13. The lowest BCUT2D eigenvalue weighted by molar-refractivity contribution is 0.623. The molecule has 1 aromatic heterocycles. The van der Waals surface area contributed by atoms with Gasteiger partial charge < -0.3 is 0 Å². The van der Waals surface area contributed by atoms with Crippen LogP contribution in [0, 0.1) is 39.0 Å². The minimum atomic E-state index is -0.244. The first-order valence-corrected chi connectivity index (χ1v) is 6.48.